The number of carbonyl (C=O) groups is 1. The Morgan fingerprint density at radius 1 is 1.20 bits per heavy atom. The average Bonchev–Trinajstić information content (AvgIpc) is 2.59. The monoisotopic (exact) mass is 282 g/mol. The average molecular weight is 282 g/mol. The minimum absolute atomic E-state index is 0.00586. The second kappa shape index (κ2) is 3.98. The largest absolute Gasteiger partial charge is 0.459 e. The number of fused-ring (bicyclic) bond motifs is 3. The summed E-state index contributed by atoms with van der Waals surface area (Å²) >= 11 is 0. The molecule has 0 spiro atoms. The molecule has 1 aliphatic heterocycles. The van der Waals surface area contributed by atoms with Crippen molar-refractivity contribution in [2.24, 2.45) is 22.7 Å². The predicted octanol–water partition coefficient (Wildman–Crippen LogP) is 1.88. The topological polar surface area (TPSA) is 66.8 Å². The van der Waals surface area contributed by atoms with E-state index < -0.39 is 17.8 Å². The SMILES string of the molecule is CC1(C)[C@H](O)CC[C@]2(C)[C@H]3CC(=O)O[C@]3(C)C[C@@H](O)[C@@H]12. The molecule has 6 atom stereocenters. The first kappa shape index (κ1) is 14.3. The molecule has 2 aliphatic carbocycles. The maximum atomic E-state index is 11.8. The van der Waals surface area contributed by atoms with Crippen molar-refractivity contribution in [1.82, 2.24) is 0 Å². The van der Waals surface area contributed by atoms with Crippen LogP contribution in [0.3, 0.4) is 0 Å². The molecule has 4 heteroatoms. The van der Waals surface area contributed by atoms with E-state index in [1.54, 1.807) is 0 Å². The van der Waals surface area contributed by atoms with Crippen molar-refractivity contribution in [3.63, 3.8) is 0 Å². The molecular formula is C16H26O4. The summed E-state index contributed by atoms with van der Waals surface area (Å²) in [4.78, 5) is 11.8. The van der Waals surface area contributed by atoms with Gasteiger partial charge in [-0.3, -0.25) is 4.79 Å². The summed E-state index contributed by atoms with van der Waals surface area (Å²) in [6, 6.07) is 0. The van der Waals surface area contributed by atoms with Crippen molar-refractivity contribution in [2.45, 2.75) is 71.2 Å². The van der Waals surface area contributed by atoms with Gasteiger partial charge in [-0.15, -0.1) is 0 Å². The van der Waals surface area contributed by atoms with Crippen molar-refractivity contribution in [2.75, 3.05) is 0 Å². The molecular weight excluding hydrogens is 256 g/mol. The van der Waals surface area contributed by atoms with Gasteiger partial charge >= 0.3 is 5.97 Å². The lowest BCUT2D eigenvalue weighted by Gasteiger charge is -2.62. The molecule has 1 saturated heterocycles. The van der Waals surface area contributed by atoms with E-state index in [4.69, 9.17) is 4.74 Å². The van der Waals surface area contributed by atoms with Gasteiger partial charge < -0.3 is 14.9 Å². The molecule has 0 amide bonds. The minimum Gasteiger partial charge on any atom is -0.459 e. The van der Waals surface area contributed by atoms with Crippen LogP contribution in [0.5, 0.6) is 0 Å². The van der Waals surface area contributed by atoms with E-state index in [1.165, 1.54) is 0 Å². The molecule has 0 unspecified atom stereocenters. The zero-order valence-electron chi connectivity index (χ0n) is 12.8. The first-order chi connectivity index (χ1) is 9.11. The summed E-state index contributed by atoms with van der Waals surface area (Å²) < 4.78 is 5.57. The number of rotatable bonds is 0. The van der Waals surface area contributed by atoms with Crippen LogP contribution in [-0.4, -0.2) is 34.0 Å². The molecule has 0 aromatic heterocycles. The normalized spacial score (nSPS) is 54.0. The molecule has 114 valence electrons. The second-order valence-corrected chi connectivity index (χ2v) is 8.17. The fourth-order valence-electron chi connectivity index (χ4n) is 5.76. The van der Waals surface area contributed by atoms with Crippen molar-refractivity contribution < 1.29 is 19.7 Å². The maximum Gasteiger partial charge on any atom is 0.306 e. The minimum atomic E-state index is -0.542. The number of ether oxygens (including phenoxy) is 1. The van der Waals surface area contributed by atoms with Gasteiger partial charge in [0.05, 0.1) is 18.6 Å². The lowest BCUT2D eigenvalue weighted by atomic mass is 9.44. The van der Waals surface area contributed by atoms with E-state index in [1.807, 2.05) is 20.8 Å². The van der Waals surface area contributed by atoms with Gasteiger partial charge in [0, 0.05) is 12.3 Å². The highest BCUT2D eigenvalue weighted by Crippen LogP contribution is 2.64. The molecule has 3 fully saturated rings. The molecule has 3 aliphatic rings. The number of esters is 1. The van der Waals surface area contributed by atoms with Gasteiger partial charge in [0.25, 0.3) is 0 Å². The van der Waals surface area contributed by atoms with Crippen LogP contribution in [0.15, 0.2) is 0 Å². The summed E-state index contributed by atoms with van der Waals surface area (Å²) in [5, 5.41) is 21.1. The van der Waals surface area contributed by atoms with Crippen LogP contribution in [0.2, 0.25) is 0 Å². The Morgan fingerprint density at radius 3 is 2.50 bits per heavy atom. The summed E-state index contributed by atoms with van der Waals surface area (Å²) in [7, 11) is 0. The number of hydrogen-bond donors (Lipinski definition) is 2. The Labute approximate surface area is 120 Å². The van der Waals surface area contributed by atoms with Crippen LogP contribution in [0.25, 0.3) is 0 Å². The van der Waals surface area contributed by atoms with Crippen LogP contribution < -0.4 is 0 Å². The lowest BCUT2D eigenvalue weighted by Crippen LogP contribution is -2.64. The molecule has 3 rings (SSSR count). The van der Waals surface area contributed by atoms with E-state index in [-0.39, 0.29) is 28.6 Å². The van der Waals surface area contributed by atoms with Crippen LogP contribution >= 0.6 is 0 Å². The quantitative estimate of drug-likeness (QED) is 0.666. The van der Waals surface area contributed by atoms with E-state index in [2.05, 4.69) is 6.92 Å². The van der Waals surface area contributed by atoms with Gasteiger partial charge in [-0.25, -0.2) is 0 Å². The molecule has 0 aromatic carbocycles. The lowest BCUT2D eigenvalue weighted by molar-refractivity contribution is -0.221. The van der Waals surface area contributed by atoms with Gasteiger partial charge in [-0.1, -0.05) is 20.8 Å². The molecule has 0 aromatic rings. The van der Waals surface area contributed by atoms with E-state index >= 15 is 0 Å². The third-order valence-electron chi connectivity index (χ3n) is 6.58. The summed E-state index contributed by atoms with van der Waals surface area (Å²) in [6.07, 6.45) is 1.58. The Morgan fingerprint density at radius 2 is 1.85 bits per heavy atom. The Kier molecular flexibility index (Phi) is 2.85. The molecule has 4 nitrogen and oxygen atoms in total. The number of aliphatic hydroxyl groups excluding tert-OH is 2. The highest BCUT2D eigenvalue weighted by atomic mass is 16.6. The van der Waals surface area contributed by atoms with Crippen LogP contribution in [-0.2, 0) is 9.53 Å². The standard InChI is InChI=1S/C16H26O4/c1-14(2)11(18)5-6-15(3)10-7-12(19)20-16(10,4)8-9(17)13(14)15/h9-11,13,17-18H,5-8H2,1-4H3/t9-,10-,11-,13+,15-,16-/m1/s1. The zero-order chi connectivity index (χ0) is 14.9. The zero-order valence-corrected chi connectivity index (χ0v) is 12.8. The van der Waals surface area contributed by atoms with Crippen LogP contribution in [0.4, 0.5) is 0 Å². The Balaban J connectivity index is 2.07. The Hall–Kier alpha value is -0.610. The Bertz CT molecular complexity index is 446. The van der Waals surface area contributed by atoms with Crippen LogP contribution in [0, 0.1) is 22.7 Å². The number of aliphatic hydroxyl groups is 2. The third kappa shape index (κ3) is 1.64. The number of hydrogen-bond acceptors (Lipinski definition) is 4. The molecule has 0 radical (unpaired) electrons. The van der Waals surface area contributed by atoms with Gasteiger partial charge in [-0.05, 0) is 36.5 Å². The first-order valence-electron chi connectivity index (χ1n) is 7.69. The summed E-state index contributed by atoms with van der Waals surface area (Å²) in [6.45, 7) is 8.23. The van der Waals surface area contributed by atoms with Gasteiger partial charge in [0.15, 0.2) is 0 Å². The molecule has 2 N–H and O–H groups in total. The molecule has 2 saturated carbocycles. The summed E-state index contributed by atoms with van der Waals surface area (Å²) in [5.74, 6) is 0.00417. The van der Waals surface area contributed by atoms with Crippen molar-refractivity contribution in [1.29, 1.82) is 0 Å². The third-order valence-corrected chi connectivity index (χ3v) is 6.58. The van der Waals surface area contributed by atoms with Gasteiger partial charge in [-0.2, -0.15) is 0 Å². The van der Waals surface area contributed by atoms with E-state index in [0.717, 1.165) is 12.8 Å². The van der Waals surface area contributed by atoms with Crippen LogP contribution in [0.1, 0.15) is 53.4 Å². The second-order valence-electron chi connectivity index (χ2n) is 8.17. The fourth-order valence-corrected chi connectivity index (χ4v) is 5.76. The molecule has 0 bridgehead atoms. The number of carbonyl (C=O) groups excluding carboxylic acids is 1. The first-order valence-corrected chi connectivity index (χ1v) is 7.69. The fraction of sp³-hybridized carbons (Fsp3) is 0.938. The van der Waals surface area contributed by atoms with Crippen molar-refractivity contribution >= 4 is 5.97 Å². The van der Waals surface area contributed by atoms with E-state index in [9.17, 15) is 15.0 Å². The molecule has 1 heterocycles. The summed E-state index contributed by atoms with van der Waals surface area (Å²) in [5.41, 5.74) is -1.03. The molecule has 20 heavy (non-hydrogen) atoms. The predicted molar refractivity (Wildman–Crippen MR) is 73.8 cm³/mol. The van der Waals surface area contributed by atoms with Crippen molar-refractivity contribution in [3.05, 3.63) is 0 Å². The highest BCUT2D eigenvalue weighted by molar-refractivity contribution is 5.73. The smallest absolute Gasteiger partial charge is 0.306 e. The van der Waals surface area contributed by atoms with Crippen molar-refractivity contribution in [3.8, 4) is 0 Å². The highest BCUT2D eigenvalue weighted by Gasteiger charge is 2.67. The van der Waals surface area contributed by atoms with E-state index in [0.29, 0.717) is 12.8 Å². The van der Waals surface area contributed by atoms with Gasteiger partial charge in [0.1, 0.15) is 5.60 Å². The maximum absolute atomic E-state index is 11.8. The van der Waals surface area contributed by atoms with Gasteiger partial charge in [0.2, 0.25) is 0 Å².